The van der Waals surface area contributed by atoms with Crippen LogP contribution in [0.4, 0.5) is 0 Å². The van der Waals surface area contributed by atoms with Crippen LogP contribution in [0, 0.1) is 0 Å². The molecule has 0 saturated carbocycles. The molecule has 0 bridgehead atoms. The molecule has 1 aromatic rings. The Balaban J connectivity index is 1.64. The lowest BCUT2D eigenvalue weighted by molar-refractivity contribution is -0.697. The van der Waals surface area contributed by atoms with Gasteiger partial charge in [0.15, 0.2) is 12.4 Å². The smallest absolute Gasteiger partial charge is 0.169 e. The molecule has 1 fully saturated rings. The molecule has 104 valence electrons. The fourth-order valence-corrected chi connectivity index (χ4v) is 2.73. The monoisotopic (exact) mass is 259 g/mol. The van der Waals surface area contributed by atoms with Crippen LogP contribution in [-0.2, 0) is 6.54 Å². The normalized spacial score (nSPS) is 17.1. The number of hydrogen-bond acceptors (Lipinski definition) is 1. The maximum Gasteiger partial charge on any atom is 0.169 e. The van der Waals surface area contributed by atoms with Crippen LogP contribution in [0.2, 0.25) is 0 Å². The summed E-state index contributed by atoms with van der Waals surface area (Å²) in [5.74, 6) is 0. The van der Waals surface area contributed by atoms with Crippen LogP contribution in [0.15, 0.2) is 30.6 Å². The molecule has 0 N–H and O–H groups in total. The summed E-state index contributed by atoms with van der Waals surface area (Å²) in [5, 5.41) is 0. The molecule has 0 amide bonds. The molecule has 0 radical (unpaired) electrons. The molecule has 1 saturated heterocycles. The van der Waals surface area contributed by atoms with Gasteiger partial charge in [-0.1, -0.05) is 18.6 Å². The van der Waals surface area contributed by atoms with Crippen molar-refractivity contribution in [2.75, 3.05) is 19.6 Å². The number of rotatable bonds is 6. The van der Waals surface area contributed by atoms with Gasteiger partial charge in [0.05, 0.1) is 0 Å². The van der Waals surface area contributed by atoms with E-state index < -0.39 is 0 Å². The van der Waals surface area contributed by atoms with E-state index in [2.05, 4.69) is 53.1 Å². The van der Waals surface area contributed by atoms with Crippen LogP contribution in [0.25, 0.3) is 6.08 Å². The molecule has 2 heteroatoms. The third-order valence-corrected chi connectivity index (χ3v) is 3.87. The fraction of sp³-hybridized carbons (Fsp3) is 0.588. The molecule has 0 unspecified atom stereocenters. The second kappa shape index (κ2) is 8.11. The standard InChI is InChI=1S/C17H27N2/c1-2-8-17-9-15-19(16-10-17)14-7-6-13-18-11-4-3-5-12-18/h2,8-10,15-16H,3-7,11-14H2,1H3/q+1/b8-2+. The average Bonchev–Trinajstić information content (AvgIpc) is 2.47. The van der Waals surface area contributed by atoms with Crippen molar-refractivity contribution in [3.8, 4) is 0 Å². The summed E-state index contributed by atoms with van der Waals surface area (Å²) in [4.78, 5) is 2.63. The maximum atomic E-state index is 2.63. The van der Waals surface area contributed by atoms with E-state index >= 15 is 0 Å². The van der Waals surface area contributed by atoms with Gasteiger partial charge in [-0.3, -0.25) is 0 Å². The van der Waals surface area contributed by atoms with E-state index in [0.29, 0.717) is 0 Å². The highest BCUT2D eigenvalue weighted by molar-refractivity contribution is 5.46. The summed E-state index contributed by atoms with van der Waals surface area (Å²) in [6.45, 7) is 7.14. The molecule has 0 aliphatic carbocycles. The molecule has 0 spiro atoms. The number of likely N-dealkylation sites (tertiary alicyclic amines) is 1. The predicted molar refractivity (Wildman–Crippen MR) is 80.9 cm³/mol. The Morgan fingerprint density at radius 1 is 1.11 bits per heavy atom. The number of hydrogen-bond donors (Lipinski definition) is 0. The second-order valence-corrected chi connectivity index (χ2v) is 5.48. The lowest BCUT2D eigenvalue weighted by atomic mass is 10.1. The summed E-state index contributed by atoms with van der Waals surface area (Å²) in [7, 11) is 0. The van der Waals surface area contributed by atoms with Gasteiger partial charge in [0.2, 0.25) is 0 Å². The Hall–Kier alpha value is -1.15. The van der Waals surface area contributed by atoms with E-state index in [1.54, 1.807) is 0 Å². The van der Waals surface area contributed by atoms with Gasteiger partial charge in [0.1, 0.15) is 6.54 Å². The quantitative estimate of drug-likeness (QED) is 0.562. The first-order valence-electron chi connectivity index (χ1n) is 7.72. The van der Waals surface area contributed by atoms with Crippen LogP contribution in [0.1, 0.15) is 44.6 Å². The minimum atomic E-state index is 1.14. The summed E-state index contributed by atoms with van der Waals surface area (Å²) in [5.41, 5.74) is 1.28. The number of aromatic nitrogens is 1. The lowest BCUT2D eigenvalue weighted by Gasteiger charge is -2.25. The van der Waals surface area contributed by atoms with Gasteiger partial charge in [0.25, 0.3) is 0 Å². The number of allylic oxidation sites excluding steroid dienone is 1. The van der Waals surface area contributed by atoms with E-state index in [4.69, 9.17) is 0 Å². The van der Waals surface area contributed by atoms with Crippen molar-refractivity contribution in [3.63, 3.8) is 0 Å². The first-order valence-corrected chi connectivity index (χ1v) is 7.72. The minimum absolute atomic E-state index is 1.14. The van der Waals surface area contributed by atoms with Gasteiger partial charge < -0.3 is 4.90 Å². The molecular formula is C17H27N2+. The van der Waals surface area contributed by atoms with Crippen LogP contribution in [-0.4, -0.2) is 24.5 Å². The van der Waals surface area contributed by atoms with E-state index in [9.17, 15) is 0 Å². The van der Waals surface area contributed by atoms with Crippen molar-refractivity contribution in [2.45, 2.75) is 45.6 Å². The first kappa shape index (κ1) is 14.3. The third kappa shape index (κ3) is 5.15. The van der Waals surface area contributed by atoms with Crippen molar-refractivity contribution in [3.05, 3.63) is 36.2 Å². The predicted octanol–water partition coefficient (Wildman–Crippen LogP) is 3.27. The van der Waals surface area contributed by atoms with Gasteiger partial charge in [-0.25, -0.2) is 4.57 Å². The highest BCUT2D eigenvalue weighted by atomic mass is 15.1. The Labute approximate surface area is 117 Å². The third-order valence-electron chi connectivity index (χ3n) is 3.87. The van der Waals surface area contributed by atoms with Crippen molar-refractivity contribution in [2.24, 2.45) is 0 Å². The lowest BCUT2D eigenvalue weighted by Crippen LogP contribution is -2.34. The topological polar surface area (TPSA) is 7.12 Å². The maximum absolute atomic E-state index is 2.63. The molecule has 1 aliphatic heterocycles. The molecule has 1 aliphatic rings. The van der Waals surface area contributed by atoms with E-state index in [-0.39, 0.29) is 0 Å². The Kier molecular flexibility index (Phi) is 6.09. The van der Waals surface area contributed by atoms with Crippen molar-refractivity contribution in [1.82, 2.24) is 4.90 Å². The SMILES string of the molecule is C/C=C/c1cc[n+](CCCCN2CCCCC2)cc1. The van der Waals surface area contributed by atoms with Crippen LogP contribution >= 0.6 is 0 Å². The Bertz CT molecular complexity index is 375. The minimum Gasteiger partial charge on any atom is -0.303 e. The molecule has 2 heterocycles. The summed E-state index contributed by atoms with van der Waals surface area (Å²) in [6.07, 6.45) is 15.5. The zero-order valence-corrected chi connectivity index (χ0v) is 12.2. The molecule has 0 aromatic carbocycles. The zero-order chi connectivity index (χ0) is 13.3. The van der Waals surface area contributed by atoms with Crippen LogP contribution in [0.3, 0.4) is 0 Å². The van der Waals surface area contributed by atoms with Crippen LogP contribution in [0.5, 0.6) is 0 Å². The molecule has 2 nitrogen and oxygen atoms in total. The summed E-state index contributed by atoms with van der Waals surface area (Å²) < 4.78 is 2.29. The largest absolute Gasteiger partial charge is 0.303 e. The van der Waals surface area contributed by atoms with Crippen molar-refractivity contribution in [1.29, 1.82) is 0 Å². The molecule has 1 aromatic heterocycles. The number of nitrogens with zero attached hydrogens (tertiary/aromatic N) is 2. The highest BCUT2D eigenvalue weighted by Gasteiger charge is 2.09. The number of unbranched alkanes of at least 4 members (excludes halogenated alkanes) is 1. The molecule has 0 atom stereocenters. The van der Waals surface area contributed by atoms with E-state index in [0.717, 1.165) is 6.54 Å². The first-order chi connectivity index (χ1) is 9.38. The molecule has 2 rings (SSSR count). The van der Waals surface area contributed by atoms with Crippen molar-refractivity contribution < 1.29 is 4.57 Å². The highest BCUT2D eigenvalue weighted by Crippen LogP contribution is 2.09. The summed E-state index contributed by atoms with van der Waals surface area (Å²) >= 11 is 0. The van der Waals surface area contributed by atoms with Crippen LogP contribution < -0.4 is 4.57 Å². The zero-order valence-electron chi connectivity index (χ0n) is 12.2. The Morgan fingerprint density at radius 2 is 1.84 bits per heavy atom. The fourth-order valence-electron chi connectivity index (χ4n) is 2.73. The number of aryl methyl sites for hydroxylation is 1. The summed E-state index contributed by atoms with van der Waals surface area (Å²) in [6, 6.07) is 4.37. The van der Waals surface area contributed by atoms with E-state index in [1.165, 1.54) is 57.3 Å². The van der Waals surface area contributed by atoms with Gasteiger partial charge in [-0.15, -0.1) is 0 Å². The molecule has 19 heavy (non-hydrogen) atoms. The average molecular weight is 259 g/mol. The van der Waals surface area contributed by atoms with Gasteiger partial charge >= 0.3 is 0 Å². The van der Waals surface area contributed by atoms with Crippen molar-refractivity contribution >= 4 is 6.08 Å². The number of pyridine rings is 1. The van der Waals surface area contributed by atoms with Gasteiger partial charge in [-0.2, -0.15) is 0 Å². The number of piperidine rings is 1. The van der Waals surface area contributed by atoms with Gasteiger partial charge in [-0.05, 0) is 51.4 Å². The second-order valence-electron chi connectivity index (χ2n) is 5.48. The Morgan fingerprint density at radius 3 is 2.53 bits per heavy atom. The molecular weight excluding hydrogens is 232 g/mol. The van der Waals surface area contributed by atoms with E-state index in [1.807, 2.05) is 0 Å². The van der Waals surface area contributed by atoms with Gasteiger partial charge in [0, 0.05) is 18.6 Å².